The minimum Gasteiger partial charge on any atom is -0.485 e. The van der Waals surface area contributed by atoms with Crippen molar-refractivity contribution in [2.24, 2.45) is 0 Å². The number of ether oxygens (including phenoxy) is 1. The van der Waals surface area contributed by atoms with E-state index in [-0.39, 0.29) is 12.0 Å². The Bertz CT molecular complexity index is 931. The molecule has 3 aromatic heterocycles. The fraction of sp³-hybridized carbons (Fsp3) is 0.350. The summed E-state index contributed by atoms with van der Waals surface area (Å²) in [7, 11) is 0. The van der Waals surface area contributed by atoms with E-state index in [9.17, 15) is 4.79 Å². The summed E-state index contributed by atoms with van der Waals surface area (Å²) in [5.74, 6) is 0.687. The van der Waals surface area contributed by atoms with Gasteiger partial charge in [0.2, 0.25) is 0 Å². The second kappa shape index (κ2) is 7.26. The Labute approximate surface area is 158 Å². The molecule has 0 unspecified atom stereocenters. The highest BCUT2D eigenvalue weighted by Gasteiger charge is 2.28. The van der Waals surface area contributed by atoms with Crippen molar-refractivity contribution in [1.82, 2.24) is 24.2 Å². The van der Waals surface area contributed by atoms with Gasteiger partial charge in [0.05, 0.1) is 31.5 Å². The lowest BCUT2D eigenvalue weighted by molar-refractivity contribution is 0.0639. The molecule has 0 saturated heterocycles. The molecule has 0 radical (unpaired) electrons. The van der Waals surface area contributed by atoms with Crippen LogP contribution in [-0.2, 0) is 19.6 Å². The molecule has 7 nitrogen and oxygen atoms in total. The SMILES string of the molecule is CCn1nc(C)cc1C(=O)N1Cc2cccn2C[C@@H](Oc2cccnc2)C1. The predicted molar refractivity (Wildman–Crippen MR) is 100 cm³/mol. The summed E-state index contributed by atoms with van der Waals surface area (Å²) in [6.45, 7) is 6.30. The lowest BCUT2D eigenvalue weighted by Crippen LogP contribution is -2.39. The first kappa shape index (κ1) is 17.3. The Hall–Kier alpha value is -3.09. The first-order valence-electron chi connectivity index (χ1n) is 9.18. The molecule has 4 heterocycles. The molecule has 140 valence electrons. The molecule has 0 fully saturated rings. The molecular formula is C20H23N5O2. The van der Waals surface area contributed by atoms with Gasteiger partial charge in [-0.2, -0.15) is 5.10 Å². The summed E-state index contributed by atoms with van der Waals surface area (Å²) < 4.78 is 10.1. The van der Waals surface area contributed by atoms with Crippen molar-refractivity contribution in [3.63, 3.8) is 0 Å². The highest BCUT2D eigenvalue weighted by atomic mass is 16.5. The normalized spacial score (nSPS) is 16.7. The smallest absolute Gasteiger partial charge is 0.272 e. The number of hydrogen-bond donors (Lipinski definition) is 0. The Balaban J connectivity index is 1.62. The van der Waals surface area contributed by atoms with E-state index < -0.39 is 0 Å². The topological polar surface area (TPSA) is 65.2 Å². The average molecular weight is 365 g/mol. The highest BCUT2D eigenvalue weighted by molar-refractivity contribution is 5.92. The van der Waals surface area contributed by atoms with Crippen LogP contribution in [-0.4, -0.2) is 42.8 Å². The Morgan fingerprint density at radius 2 is 2.19 bits per heavy atom. The van der Waals surface area contributed by atoms with E-state index in [2.05, 4.69) is 20.7 Å². The fourth-order valence-electron chi connectivity index (χ4n) is 3.51. The Kier molecular flexibility index (Phi) is 4.66. The van der Waals surface area contributed by atoms with Gasteiger partial charge < -0.3 is 14.2 Å². The van der Waals surface area contributed by atoms with E-state index >= 15 is 0 Å². The first-order valence-corrected chi connectivity index (χ1v) is 9.18. The summed E-state index contributed by atoms with van der Waals surface area (Å²) in [6, 6.07) is 9.64. The van der Waals surface area contributed by atoms with Crippen LogP contribution in [0.5, 0.6) is 5.75 Å². The molecule has 0 aromatic carbocycles. The van der Waals surface area contributed by atoms with Gasteiger partial charge in [-0.05, 0) is 44.2 Å². The van der Waals surface area contributed by atoms with Gasteiger partial charge in [-0.1, -0.05) is 0 Å². The third kappa shape index (κ3) is 3.58. The molecule has 4 rings (SSSR count). The summed E-state index contributed by atoms with van der Waals surface area (Å²) in [5, 5.41) is 4.41. The zero-order valence-electron chi connectivity index (χ0n) is 15.6. The standard InChI is InChI=1S/C20H23N5O2/c1-3-25-19(10-15(2)22-25)20(26)24-12-16-6-5-9-23(16)13-18(14-24)27-17-7-4-8-21-11-17/h4-11,18H,3,12-14H2,1-2H3/t18-/m1/s1. The van der Waals surface area contributed by atoms with Crippen molar-refractivity contribution in [2.45, 2.75) is 39.6 Å². The van der Waals surface area contributed by atoms with Crippen LogP contribution in [0.15, 0.2) is 48.9 Å². The van der Waals surface area contributed by atoms with Crippen LogP contribution >= 0.6 is 0 Å². The molecule has 1 aliphatic heterocycles. The van der Waals surface area contributed by atoms with Crippen LogP contribution in [0.4, 0.5) is 0 Å². The second-order valence-electron chi connectivity index (χ2n) is 6.75. The summed E-state index contributed by atoms with van der Waals surface area (Å²) in [4.78, 5) is 19.2. The largest absolute Gasteiger partial charge is 0.485 e. The average Bonchev–Trinajstić information content (AvgIpc) is 3.23. The van der Waals surface area contributed by atoms with Crippen LogP contribution < -0.4 is 4.74 Å². The highest BCUT2D eigenvalue weighted by Crippen LogP contribution is 2.20. The van der Waals surface area contributed by atoms with Crippen molar-refractivity contribution >= 4 is 5.91 Å². The molecule has 7 heteroatoms. The van der Waals surface area contributed by atoms with Gasteiger partial charge in [-0.25, -0.2) is 0 Å². The second-order valence-corrected chi connectivity index (χ2v) is 6.75. The number of hydrogen-bond acceptors (Lipinski definition) is 4. The summed E-state index contributed by atoms with van der Waals surface area (Å²) in [6.07, 6.45) is 5.28. The van der Waals surface area contributed by atoms with Crippen molar-refractivity contribution in [1.29, 1.82) is 0 Å². The number of fused-ring (bicyclic) bond motifs is 1. The number of aromatic nitrogens is 4. The van der Waals surface area contributed by atoms with Crippen molar-refractivity contribution in [2.75, 3.05) is 6.54 Å². The van der Waals surface area contributed by atoms with Crippen LogP contribution in [0.2, 0.25) is 0 Å². The maximum Gasteiger partial charge on any atom is 0.272 e. The van der Waals surface area contributed by atoms with E-state index in [4.69, 9.17) is 4.74 Å². The van der Waals surface area contributed by atoms with Crippen LogP contribution in [0.3, 0.4) is 0 Å². The first-order chi connectivity index (χ1) is 13.1. The van der Waals surface area contributed by atoms with Gasteiger partial charge in [0.1, 0.15) is 17.5 Å². The molecule has 3 aromatic rings. The van der Waals surface area contributed by atoms with Crippen LogP contribution in [0, 0.1) is 6.92 Å². The van der Waals surface area contributed by atoms with E-state index in [1.54, 1.807) is 17.1 Å². The van der Waals surface area contributed by atoms with E-state index in [0.717, 1.165) is 11.4 Å². The minimum absolute atomic E-state index is 0.0214. The van der Waals surface area contributed by atoms with Gasteiger partial charge in [0.25, 0.3) is 5.91 Å². The van der Waals surface area contributed by atoms with Gasteiger partial charge in [-0.3, -0.25) is 14.5 Å². The predicted octanol–water partition coefficient (Wildman–Crippen LogP) is 2.51. The van der Waals surface area contributed by atoms with Crippen molar-refractivity contribution in [3.8, 4) is 5.75 Å². The monoisotopic (exact) mass is 365 g/mol. The molecule has 0 spiro atoms. The molecule has 27 heavy (non-hydrogen) atoms. The van der Waals surface area contributed by atoms with Gasteiger partial charge >= 0.3 is 0 Å². The van der Waals surface area contributed by atoms with E-state index in [1.165, 1.54) is 0 Å². The third-order valence-corrected chi connectivity index (χ3v) is 4.75. The molecule has 0 bridgehead atoms. The van der Waals surface area contributed by atoms with Gasteiger partial charge in [0.15, 0.2) is 0 Å². The Morgan fingerprint density at radius 1 is 1.30 bits per heavy atom. The number of carbonyl (C=O) groups excluding carboxylic acids is 1. The number of carbonyl (C=O) groups is 1. The molecule has 1 amide bonds. The van der Waals surface area contributed by atoms with Gasteiger partial charge in [0, 0.05) is 24.6 Å². The number of aryl methyl sites for hydroxylation is 2. The maximum absolute atomic E-state index is 13.3. The molecule has 0 aliphatic carbocycles. The lowest BCUT2D eigenvalue weighted by atomic mass is 10.2. The summed E-state index contributed by atoms with van der Waals surface area (Å²) in [5.41, 5.74) is 2.57. The van der Waals surface area contributed by atoms with Crippen LogP contribution in [0.1, 0.15) is 28.8 Å². The molecular weight excluding hydrogens is 342 g/mol. The lowest BCUT2D eigenvalue weighted by Gasteiger charge is -2.25. The fourth-order valence-corrected chi connectivity index (χ4v) is 3.51. The number of pyridine rings is 1. The van der Waals surface area contributed by atoms with E-state index in [0.29, 0.717) is 37.6 Å². The van der Waals surface area contributed by atoms with Crippen molar-refractivity contribution < 1.29 is 9.53 Å². The third-order valence-electron chi connectivity index (χ3n) is 4.75. The van der Waals surface area contributed by atoms with Crippen molar-refractivity contribution in [3.05, 3.63) is 66.0 Å². The number of rotatable bonds is 4. The Morgan fingerprint density at radius 3 is 2.96 bits per heavy atom. The quantitative estimate of drug-likeness (QED) is 0.713. The van der Waals surface area contributed by atoms with E-state index in [1.807, 2.05) is 49.2 Å². The molecule has 1 atom stereocenters. The number of nitrogens with zero attached hydrogens (tertiary/aromatic N) is 5. The summed E-state index contributed by atoms with van der Waals surface area (Å²) >= 11 is 0. The zero-order valence-corrected chi connectivity index (χ0v) is 15.6. The molecule has 0 N–H and O–H groups in total. The van der Waals surface area contributed by atoms with Gasteiger partial charge in [-0.15, -0.1) is 0 Å². The maximum atomic E-state index is 13.3. The molecule has 0 saturated carbocycles. The zero-order chi connectivity index (χ0) is 18.8. The van der Waals surface area contributed by atoms with Crippen LogP contribution in [0.25, 0.3) is 0 Å². The minimum atomic E-state index is -0.161. The molecule has 1 aliphatic rings. The number of amides is 1.